The lowest BCUT2D eigenvalue weighted by Crippen LogP contribution is -2.45. The van der Waals surface area contributed by atoms with Crippen molar-refractivity contribution in [2.75, 3.05) is 6.54 Å². The van der Waals surface area contributed by atoms with Crippen LogP contribution in [0.25, 0.3) is 0 Å². The molecule has 104 valence electrons. The van der Waals surface area contributed by atoms with Gasteiger partial charge in [0.1, 0.15) is 0 Å². The Morgan fingerprint density at radius 3 is 2.28 bits per heavy atom. The molecule has 0 spiro atoms. The number of hydrogen-bond acceptors (Lipinski definition) is 3. The van der Waals surface area contributed by atoms with Crippen molar-refractivity contribution < 1.29 is 14.7 Å². The van der Waals surface area contributed by atoms with Crippen LogP contribution in [0.3, 0.4) is 0 Å². The van der Waals surface area contributed by atoms with Crippen molar-refractivity contribution in [3.8, 4) is 0 Å². The molecule has 0 aromatic rings. The van der Waals surface area contributed by atoms with Crippen molar-refractivity contribution >= 4 is 11.9 Å². The van der Waals surface area contributed by atoms with Gasteiger partial charge in [-0.05, 0) is 37.5 Å². The number of carboxylic acid groups (broad SMARTS) is 1. The molecule has 5 nitrogen and oxygen atoms in total. The zero-order valence-electron chi connectivity index (χ0n) is 11.2. The fourth-order valence-electron chi connectivity index (χ4n) is 2.28. The first-order valence-corrected chi connectivity index (χ1v) is 6.68. The molecule has 1 atom stereocenters. The molecule has 1 saturated carbocycles. The Balaban J connectivity index is 2.26. The molecule has 5 heteroatoms. The topological polar surface area (TPSA) is 92.4 Å². The molecule has 0 bridgehead atoms. The van der Waals surface area contributed by atoms with E-state index in [9.17, 15) is 9.59 Å². The quantitative estimate of drug-likeness (QED) is 0.683. The van der Waals surface area contributed by atoms with Crippen LogP contribution in [-0.4, -0.2) is 29.6 Å². The Bertz CT molecular complexity index is 297. The number of nitrogens with one attached hydrogen (secondary N) is 1. The lowest BCUT2D eigenvalue weighted by molar-refractivity contribution is -0.143. The number of amides is 1. The minimum Gasteiger partial charge on any atom is -0.481 e. The summed E-state index contributed by atoms with van der Waals surface area (Å²) >= 11 is 0. The molecule has 1 rings (SSSR count). The Hall–Kier alpha value is -1.10. The number of carboxylic acids is 1. The van der Waals surface area contributed by atoms with E-state index in [1.54, 1.807) is 0 Å². The fourth-order valence-corrected chi connectivity index (χ4v) is 2.28. The number of hydrogen-bond donors (Lipinski definition) is 3. The van der Waals surface area contributed by atoms with E-state index >= 15 is 0 Å². The molecule has 1 aliphatic rings. The molecule has 0 heterocycles. The summed E-state index contributed by atoms with van der Waals surface area (Å²) in [6, 6.07) is -0.458. The van der Waals surface area contributed by atoms with Gasteiger partial charge in [-0.1, -0.05) is 13.8 Å². The zero-order chi connectivity index (χ0) is 13.7. The minimum atomic E-state index is -0.695. The van der Waals surface area contributed by atoms with Crippen molar-refractivity contribution in [3.05, 3.63) is 0 Å². The number of carbonyl (C=O) groups excluding carboxylic acids is 1. The molecule has 1 amide bonds. The van der Waals surface area contributed by atoms with E-state index in [-0.39, 0.29) is 17.7 Å². The van der Waals surface area contributed by atoms with Crippen molar-refractivity contribution in [1.82, 2.24) is 5.32 Å². The van der Waals surface area contributed by atoms with Crippen molar-refractivity contribution in [1.29, 1.82) is 0 Å². The minimum absolute atomic E-state index is 0.106. The molecule has 0 aliphatic heterocycles. The third kappa shape index (κ3) is 4.29. The van der Waals surface area contributed by atoms with Gasteiger partial charge in [-0.3, -0.25) is 9.59 Å². The summed E-state index contributed by atoms with van der Waals surface area (Å²) in [7, 11) is 0. The van der Waals surface area contributed by atoms with Gasteiger partial charge in [0.2, 0.25) is 5.91 Å². The summed E-state index contributed by atoms with van der Waals surface area (Å²) in [6.07, 6.45) is 3.17. The smallest absolute Gasteiger partial charge is 0.306 e. The van der Waals surface area contributed by atoms with E-state index in [0.717, 1.165) is 12.8 Å². The maximum Gasteiger partial charge on any atom is 0.306 e. The first-order valence-electron chi connectivity index (χ1n) is 6.68. The van der Waals surface area contributed by atoms with Gasteiger partial charge in [0.05, 0.1) is 12.0 Å². The summed E-state index contributed by atoms with van der Waals surface area (Å²) in [5.74, 6) is -0.476. The summed E-state index contributed by atoms with van der Waals surface area (Å²) < 4.78 is 0. The Morgan fingerprint density at radius 1 is 1.28 bits per heavy atom. The standard InChI is InChI=1S/C13H24N2O3/c1-8(2)11(14)12(16)15-7-9-3-5-10(6-4-9)13(17)18/h8-11H,3-7,14H2,1-2H3,(H,15,16)(H,17,18)/t9-,10-,11-/m0/s1. The number of nitrogens with two attached hydrogens (primary N) is 1. The highest BCUT2D eigenvalue weighted by Gasteiger charge is 2.26. The van der Waals surface area contributed by atoms with Crippen LogP contribution >= 0.6 is 0 Å². The molecule has 18 heavy (non-hydrogen) atoms. The van der Waals surface area contributed by atoms with Gasteiger partial charge in [0.25, 0.3) is 0 Å². The number of carbonyl (C=O) groups is 2. The molecule has 0 aromatic heterocycles. The highest BCUT2D eigenvalue weighted by atomic mass is 16.4. The van der Waals surface area contributed by atoms with Crippen LogP contribution in [-0.2, 0) is 9.59 Å². The van der Waals surface area contributed by atoms with Crippen molar-refractivity contribution in [2.24, 2.45) is 23.5 Å². The highest BCUT2D eigenvalue weighted by Crippen LogP contribution is 2.28. The molecule has 0 unspecified atom stereocenters. The van der Waals surface area contributed by atoms with Gasteiger partial charge >= 0.3 is 5.97 Å². The van der Waals surface area contributed by atoms with E-state index in [2.05, 4.69) is 5.32 Å². The Morgan fingerprint density at radius 2 is 1.83 bits per heavy atom. The second-order valence-electron chi connectivity index (χ2n) is 5.57. The summed E-state index contributed by atoms with van der Waals surface area (Å²) in [6.45, 7) is 4.45. The molecule has 0 saturated heterocycles. The Labute approximate surface area is 108 Å². The van der Waals surface area contributed by atoms with Crippen LogP contribution < -0.4 is 11.1 Å². The van der Waals surface area contributed by atoms with Crippen LogP contribution in [0.4, 0.5) is 0 Å². The van der Waals surface area contributed by atoms with Gasteiger partial charge in [0, 0.05) is 6.54 Å². The fraction of sp³-hybridized carbons (Fsp3) is 0.846. The van der Waals surface area contributed by atoms with E-state index in [1.165, 1.54) is 0 Å². The Kier molecular flexibility index (Phi) is 5.59. The van der Waals surface area contributed by atoms with E-state index in [0.29, 0.717) is 25.3 Å². The molecule has 0 aromatic carbocycles. The maximum absolute atomic E-state index is 11.7. The maximum atomic E-state index is 11.7. The van der Waals surface area contributed by atoms with Crippen LogP contribution in [0, 0.1) is 17.8 Å². The molecule has 1 aliphatic carbocycles. The second-order valence-corrected chi connectivity index (χ2v) is 5.57. The summed E-state index contributed by atoms with van der Waals surface area (Å²) in [5, 5.41) is 11.8. The second kappa shape index (κ2) is 6.73. The SMILES string of the molecule is CC(C)[C@H](N)C(=O)NC[C@H]1CC[C@H](C(=O)O)CC1. The van der Waals surface area contributed by atoms with Gasteiger partial charge in [0.15, 0.2) is 0 Å². The molecular weight excluding hydrogens is 232 g/mol. The van der Waals surface area contributed by atoms with Crippen LogP contribution in [0.5, 0.6) is 0 Å². The average molecular weight is 256 g/mol. The first-order chi connectivity index (χ1) is 8.41. The summed E-state index contributed by atoms with van der Waals surface area (Å²) in [4.78, 5) is 22.5. The van der Waals surface area contributed by atoms with Crippen LogP contribution in [0.1, 0.15) is 39.5 Å². The van der Waals surface area contributed by atoms with Gasteiger partial charge in [-0.15, -0.1) is 0 Å². The van der Waals surface area contributed by atoms with Gasteiger partial charge < -0.3 is 16.2 Å². The van der Waals surface area contributed by atoms with E-state index in [4.69, 9.17) is 10.8 Å². The first kappa shape index (κ1) is 15.0. The highest BCUT2D eigenvalue weighted by molar-refractivity contribution is 5.81. The van der Waals surface area contributed by atoms with E-state index < -0.39 is 12.0 Å². The third-order valence-corrected chi connectivity index (χ3v) is 3.78. The molecular formula is C13H24N2O3. The summed E-state index contributed by atoms with van der Waals surface area (Å²) in [5.41, 5.74) is 5.75. The molecule has 4 N–H and O–H groups in total. The lowest BCUT2D eigenvalue weighted by Gasteiger charge is -2.26. The normalized spacial score (nSPS) is 25.8. The largest absolute Gasteiger partial charge is 0.481 e. The zero-order valence-corrected chi connectivity index (χ0v) is 11.2. The van der Waals surface area contributed by atoms with Crippen molar-refractivity contribution in [3.63, 3.8) is 0 Å². The average Bonchev–Trinajstić information content (AvgIpc) is 2.35. The monoisotopic (exact) mass is 256 g/mol. The molecule has 1 fully saturated rings. The predicted octanol–water partition coefficient (Wildman–Crippen LogP) is 0.977. The third-order valence-electron chi connectivity index (χ3n) is 3.78. The predicted molar refractivity (Wildman–Crippen MR) is 68.9 cm³/mol. The number of aliphatic carboxylic acids is 1. The van der Waals surface area contributed by atoms with Gasteiger partial charge in [-0.2, -0.15) is 0 Å². The van der Waals surface area contributed by atoms with Gasteiger partial charge in [-0.25, -0.2) is 0 Å². The lowest BCUT2D eigenvalue weighted by atomic mass is 9.82. The van der Waals surface area contributed by atoms with Crippen molar-refractivity contribution in [2.45, 2.75) is 45.6 Å². The van der Waals surface area contributed by atoms with Crippen LogP contribution in [0.15, 0.2) is 0 Å². The van der Waals surface area contributed by atoms with E-state index in [1.807, 2.05) is 13.8 Å². The number of rotatable bonds is 5. The molecule has 0 radical (unpaired) electrons. The van der Waals surface area contributed by atoms with Crippen LogP contribution in [0.2, 0.25) is 0 Å².